The number of amides is 1. The molecule has 1 N–H and O–H groups in total. The molecule has 0 aliphatic rings. The van der Waals surface area contributed by atoms with Crippen molar-refractivity contribution in [2.45, 2.75) is 32.8 Å². The van der Waals surface area contributed by atoms with Crippen LogP contribution in [0.5, 0.6) is 0 Å². The molecule has 0 aliphatic carbocycles. The van der Waals surface area contributed by atoms with E-state index in [1.165, 1.54) is 11.3 Å². The summed E-state index contributed by atoms with van der Waals surface area (Å²) in [7, 11) is 0. The minimum Gasteiger partial charge on any atom is -0.379 e. The lowest BCUT2D eigenvalue weighted by Crippen LogP contribution is -2.24. The number of rotatable bonds is 7. The monoisotopic (exact) mass is 397 g/mol. The third-order valence-corrected chi connectivity index (χ3v) is 4.55. The van der Waals surface area contributed by atoms with Crippen LogP contribution < -0.4 is 5.32 Å². The zero-order valence-corrected chi connectivity index (χ0v) is 14.5. The quantitative estimate of drug-likeness (QED) is 0.698. The van der Waals surface area contributed by atoms with Crippen LogP contribution >= 0.6 is 43.2 Å². The zero-order chi connectivity index (χ0) is 13.5. The van der Waals surface area contributed by atoms with Gasteiger partial charge in [0.15, 0.2) is 0 Å². The van der Waals surface area contributed by atoms with Crippen molar-refractivity contribution in [2.75, 3.05) is 13.2 Å². The Morgan fingerprint density at radius 3 is 2.72 bits per heavy atom. The largest absolute Gasteiger partial charge is 0.379 e. The number of carbonyl (C=O) groups excluding carboxylic acids is 1. The van der Waals surface area contributed by atoms with Crippen LogP contribution in [0.25, 0.3) is 0 Å². The van der Waals surface area contributed by atoms with Crippen molar-refractivity contribution >= 4 is 49.1 Å². The van der Waals surface area contributed by atoms with Crippen molar-refractivity contribution < 1.29 is 9.53 Å². The molecule has 1 rings (SSSR count). The molecule has 1 aromatic heterocycles. The van der Waals surface area contributed by atoms with Crippen molar-refractivity contribution in [1.82, 2.24) is 5.32 Å². The molecule has 6 heteroatoms. The first-order chi connectivity index (χ1) is 8.50. The normalized spacial score (nSPS) is 10.9. The van der Waals surface area contributed by atoms with Crippen molar-refractivity contribution in [1.29, 1.82) is 0 Å². The average molecular weight is 399 g/mol. The predicted molar refractivity (Wildman–Crippen MR) is 82.4 cm³/mol. The predicted octanol–water partition coefficient (Wildman–Crippen LogP) is 4.21. The van der Waals surface area contributed by atoms with Gasteiger partial charge in [-0.05, 0) is 64.6 Å². The van der Waals surface area contributed by atoms with Gasteiger partial charge in [-0.2, -0.15) is 0 Å². The molecule has 0 aliphatic heterocycles. The molecule has 0 unspecified atom stereocenters. The van der Waals surface area contributed by atoms with Gasteiger partial charge in [0.2, 0.25) is 0 Å². The first-order valence-corrected chi connectivity index (χ1v) is 8.25. The van der Waals surface area contributed by atoms with E-state index in [1.54, 1.807) is 0 Å². The lowest BCUT2D eigenvalue weighted by atomic mass is 10.3. The van der Waals surface area contributed by atoms with Gasteiger partial charge in [0, 0.05) is 13.2 Å². The number of thiophene rings is 1. The molecule has 0 fully saturated rings. The summed E-state index contributed by atoms with van der Waals surface area (Å²) in [5, 5.41) is 2.90. The molecule has 0 radical (unpaired) electrons. The van der Waals surface area contributed by atoms with Crippen LogP contribution in [0.4, 0.5) is 0 Å². The zero-order valence-electron chi connectivity index (χ0n) is 10.5. The Labute approximate surface area is 129 Å². The molecule has 1 heterocycles. The molecule has 1 amide bonds. The van der Waals surface area contributed by atoms with Gasteiger partial charge in [0.05, 0.1) is 19.2 Å². The summed E-state index contributed by atoms with van der Waals surface area (Å²) >= 11 is 8.23. The molecule has 0 saturated heterocycles. The summed E-state index contributed by atoms with van der Waals surface area (Å²) in [5.74, 6) is -0.0337. The Bertz CT molecular complexity index is 393. The number of hydrogen-bond donors (Lipinski definition) is 1. The van der Waals surface area contributed by atoms with Crippen molar-refractivity contribution in [3.05, 3.63) is 19.2 Å². The highest BCUT2D eigenvalue weighted by atomic mass is 79.9. The van der Waals surface area contributed by atoms with Crippen LogP contribution in [-0.4, -0.2) is 25.2 Å². The molecule has 0 aromatic carbocycles. The second kappa shape index (κ2) is 8.30. The van der Waals surface area contributed by atoms with Crippen molar-refractivity contribution in [3.8, 4) is 0 Å². The van der Waals surface area contributed by atoms with E-state index in [9.17, 15) is 4.79 Å². The molecule has 0 spiro atoms. The van der Waals surface area contributed by atoms with E-state index in [0.717, 1.165) is 27.0 Å². The summed E-state index contributed by atoms with van der Waals surface area (Å²) in [6, 6.07) is 1.83. The minimum atomic E-state index is -0.0337. The average Bonchev–Trinajstić information content (AvgIpc) is 2.62. The fraction of sp³-hybridized carbons (Fsp3) is 0.583. The Morgan fingerprint density at radius 2 is 2.17 bits per heavy atom. The molecule has 102 valence electrons. The first-order valence-electron chi connectivity index (χ1n) is 5.85. The van der Waals surface area contributed by atoms with E-state index in [0.29, 0.717) is 12.1 Å². The molecule has 0 atom stereocenters. The maximum absolute atomic E-state index is 11.8. The van der Waals surface area contributed by atoms with Gasteiger partial charge in [0.25, 0.3) is 5.91 Å². The van der Waals surface area contributed by atoms with Crippen LogP contribution in [0.3, 0.4) is 0 Å². The maximum atomic E-state index is 11.8. The van der Waals surface area contributed by atoms with Crippen LogP contribution in [0.15, 0.2) is 13.6 Å². The second-order valence-corrected chi connectivity index (χ2v) is 7.87. The van der Waals surface area contributed by atoms with Crippen molar-refractivity contribution in [2.24, 2.45) is 0 Å². The third kappa shape index (κ3) is 5.82. The topological polar surface area (TPSA) is 38.3 Å². The molecule has 3 nitrogen and oxygen atoms in total. The molecule has 0 bridgehead atoms. The molecule has 18 heavy (non-hydrogen) atoms. The van der Waals surface area contributed by atoms with Gasteiger partial charge >= 0.3 is 0 Å². The number of hydrogen-bond acceptors (Lipinski definition) is 3. The Kier molecular flexibility index (Phi) is 7.44. The molecule has 0 saturated carbocycles. The van der Waals surface area contributed by atoms with E-state index in [2.05, 4.69) is 37.2 Å². The fourth-order valence-electron chi connectivity index (χ4n) is 1.34. The van der Waals surface area contributed by atoms with E-state index in [-0.39, 0.29) is 12.0 Å². The van der Waals surface area contributed by atoms with Crippen LogP contribution in [0.2, 0.25) is 0 Å². The summed E-state index contributed by atoms with van der Waals surface area (Å²) in [5.41, 5.74) is 0.685. The third-order valence-electron chi connectivity index (χ3n) is 2.21. The summed E-state index contributed by atoms with van der Waals surface area (Å²) in [6.07, 6.45) is 2.17. The smallest absolute Gasteiger partial charge is 0.253 e. The van der Waals surface area contributed by atoms with Gasteiger partial charge < -0.3 is 10.1 Å². The number of halogens is 2. The number of nitrogens with one attached hydrogen (secondary N) is 1. The van der Waals surface area contributed by atoms with Gasteiger partial charge in [-0.15, -0.1) is 11.3 Å². The standard InChI is InChI=1S/C12H17Br2NO2S/c1-8(2)17-6-4-3-5-15-12(16)9-7-10(13)18-11(9)14/h7-8H,3-6H2,1-2H3,(H,15,16). The van der Waals surface area contributed by atoms with Gasteiger partial charge in [-0.25, -0.2) is 0 Å². The Morgan fingerprint density at radius 1 is 1.44 bits per heavy atom. The van der Waals surface area contributed by atoms with Crippen LogP contribution in [0.1, 0.15) is 37.0 Å². The van der Waals surface area contributed by atoms with E-state index < -0.39 is 0 Å². The highest BCUT2D eigenvalue weighted by molar-refractivity contribution is 9.12. The van der Waals surface area contributed by atoms with Gasteiger partial charge in [-0.1, -0.05) is 0 Å². The van der Waals surface area contributed by atoms with Crippen molar-refractivity contribution in [3.63, 3.8) is 0 Å². The highest BCUT2D eigenvalue weighted by Gasteiger charge is 2.12. The number of ether oxygens (including phenoxy) is 1. The highest BCUT2D eigenvalue weighted by Crippen LogP contribution is 2.31. The lowest BCUT2D eigenvalue weighted by Gasteiger charge is -2.07. The molecular formula is C12H17Br2NO2S. The maximum Gasteiger partial charge on any atom is 0.253 e. The lowest BCUT2D eigenvalue weighted by molar-refractivity contribution is 0.0754. The summed E-state index contributed by atoms with van der Waals surface area (Å²) in [4.78, 5) is 11.8. The Balaban J connectivity index is 2.20. The molecular weight excluding hydrogens is 382 g/mol. The van der Waals surface area contributed by atoms with Gasteiger partial charge in [-0.3, -0.25) is 4.79 Å². The summed E-state index contributed by atoms with van der Waals surface area (Å²) < 4.78 is 7.24. The fourth-order valence-corrected chi connectivity index (χ4v) is 4.13. The summed E-state index contributed by atoms with van der Waals surface area (Å²) in [6.45, 7) is 5.48. The first kappa shape index (κ1) is 16.1. The molecule has 1 aromatic rings. The van der Waals surface area contributed by atoms with Gasteiger partial charge in [0.1, 0.15) is 0 Å². The number of carbonyl (C=O) groups is 1. The number of unbranched alkanes of at least 4 members (excludes halogenated alkanes) is 1. The van der Waals surface area contributed by atoms with Crippen LogP contribution in [-0.2, 0) is 4.74 Å². The second-order valence-electron chi connectivity index (χ2n) is 4.12. The van der Waals surface area contributed by atoms with E-state index in [4.69, 9.17) is 4.74 Å². The minimum absolute atomic E-state index is 0.0337. The van der Waals surface area contributed by atoms with E-state index >= 15 is 0 Å². The SMILES string of the molecule is CC(C)OCCCCNC(=O)c1cc(Br)sc1Br. The van der Waals surface area contributed by atoms with Crippen LogP contribution in [0, 0.1) is 0 Å². The Hall–Kier alpha value is 0.0900. The van der Waals surface area contributed by atoms with E-state index in [1.807, 2.05) is 19.9 Å².